The number of hydrogen-bond donors (Lipinski definition) is 1. The number of aryl methyl sites for hydroxylation is 2. The monoisotopic (exact) mass is 491 g/mol. The number of piperidine rings is 1. The molecule has 1 aliphatic heterocycles. The lowest BCUT2D eigenvalue weighted by molar-refractivity contribution is -0.125. The predicted octanol–water partition coefficient (Wildman–Crippen LogP) is 5.34. The molecule has 5 rings (SSSR count). The van der Waals surface area contributed by atoms with Crippen molar-refractivity contribution in [1.82, 2.24) is 19.9 Å². The van der Waals surface area contributed by atoms with Gasteiger partial charge in [0, 0.05) is 37.6 Å². The zero-order valence-corrected chi connectivity index (χ0v) is 20.5. The number of amides is 1. The van der Waals surface area contributed by atoms with E-state index in [4.69, 9.17) is 16.7 Å². The molecule has 0 bridgehead atoms. The fourth-order valence-corrected chi connectivity index (χ4v) is 4.76. The summed E-state index contributed by atoms with van der Waals surface area (Å²) < 4.78 is 15.3. The molecule has 0 unspecified atom stereocenters. The number of aromatic nitrogens is 3. The van der Waals surface area contributed by atoms with Gasteiger partial charge in [0.05, 0.1) is 16.6 Å². The van der Waals surface area contributed by atoms with Gasteiger partial charge >= 0.3 is 0 Å². The quantitative estimate of drug-likeness (QED) is 0.409. The minimum absolute atomic E-state index is 0.0218. The van der Waals surface area contributed by atoms with Gasteiger partial charge in [0.25, 0.3) is 0 Å². The van der Waals surface area contributed by atoms with Gasteiger partial charge < -0.3 is 10.2 Å². The van der Waals surface area contributed by atoms with Crippen LogP contribution in [-0.2, 0) is 11.3 Å². The third kappa shape index (κ3) is 4.86. The smallest absolute Gasteiger partial charge is 0.225 e. The van der Waals surface area contributed by atoms with Crippen LogP contribution in [-0.4, -0.2) is 33.6 Å². The summed E-state index contributed by atoms with van der Waals surface area (Å²) in [5.41, 5.74) is 6.13. The summed E-state index contributed by atoms with van der Waals surface area (Å²) in [5.74, 6) is 0.181. The molecule has 180 valence electrons. The Balaban J connectivity index is 1.33. The van der Waals surface area contributed by atoms with E-state index in [0.29, 0.717) is 13.1 Å². The van der Waals surface area contributed by atoms with Crippen LogP contribution in [0.2, 0.25) is 5.02 Å². The topological polar surface area (TPSA) is 62.5 Å². The second-order valence-electron chi connectivity index (χ2n) is 9.16. The Morgan fingerprint density at radius 3 is 2.83 bits per heavy atom. The van der Waals surface area contributed by atoms with E-state index >= 15 is 0 Å². The first-order valence-electron chi connectivity index (χ1n) is 11.8. The molecule has 1 amide bonds. The molecule has 2 aromatic heterocycles. The molecule has 0 radical (unpaired) electrons. The van der Waals surface area contributed by atoms with E-state index in [0.717, 1.165) is 47.5 Å². The van der Waals surface area contributed by atoms with E-state index in [2.05, 4.69) is 53.3 Å². The SMILES string of the molecule is Cc1ccc(-c2cc3c(N4CCC[C@H](C(=O)NCc5ccc(F)c(Cl)c5)C4)nccn3n2)cc1C. The van der Waals surface area contributed by atoms with E-state index in [1.807, 2.05) is 10.7 Å². The van der Waals surface area contributed by atoms with Gasteiger partial charge in [-0.05, 0) is 67.6 Å². The highest BCUT2D eigenvalue weighted by Gasteiger charge is 2.28. The highest BCUT2D eigenvalue weighted by Crippen LogP contribution is 2.29. The van der Waals surface area contributed by atoms with Crippen LogP contribution in [0.5, 0.6) is 0 Å². The molecule has 1 saturated heterocycles. The molecule has 1 aliphatic rings. The molecule has 35 heavy (non-hydrogen) atoms. The molecule has 2 aromatic carbocycles. The van der Waals surface area contributed by atoms with Gasteiger partial charge in [-0.15, -0.1) is 0 Å². The minimum atomic E-state index is -0.466. The predicted molar refractivity (Wildman–Crippen MR) is 136 cm³/mol. The van der Waals surface area contributed by atoms with Gasteiger partial charge in [-0.1, -0.05) is 29.8 Å². The van der Waals surface area contributed by atoms with E-state index < -0.39 is 5.82 Å². The van der Waals surface area contributed by atoms with E-state index in [1.165, 1.54) is 17.2 Å². The number of halogens is 2. The largest absolute Gasteiger partial charge is 0.354 e. The van der Waals surface area contributed by atoms with Crippen LogP contribution in [0.25, 0.3) is 16.8 Å². The first kappa shape index (κ1) is 23.3. The third-order valence-corrected chi connectivity index (χ3v) is 7.00. The van der Waals surface area contributed by atoms with Crippen molar-refractivity contribution in [3.05, 3.63) is 82.4 Å². The van der Waals surface area contributed by atoms with Crippen molar-refractivity contribution in [1.29, 1.82) is 0 Å². The number of nitrogens with zero attached hydrogens (tertiary/aromatic N) is 4. The summed E-state index contributed by atoms with van der Waals surface area (Å²) in [5, 5.41) is 7.80. The summed E-state index contributed by atoms with van der Waals surface area (Å²) in [6.45, 7) is 5.92. The Labute approximate surface area is 208 Å². The molecule has 1 N–H and O–H groups in total. The Bertz CT molecular complexity index is 1400. The lowest BCUT2D eigenvalue weighted by Gasteiger charge is -2.33. The van der Waals surface area contributed by atoms with Gasteiger partial charge in [-0.25, -0.2) is 13.9 Å². The Hall–Kier alpha value is -3.45. The zero-order chi connectivity index (χ0) is 24.5. The summed E-state index contributed by atoms with van der Waals surface area (Å²) >= 11 is 5.86. The molecule has 1 atom stereocenters. The minimum Gasteiger partial charge on any atom is -0.354 e. The second kappa shape index (κ2) is 9.66. The van der Waals surface area contributed by atoms with Crippen LogP contribution in [0.1, 0.15) is 29.5 Å². The second-order valence-corrected chi connectivity index (χ2v) is 9.57. The zero-order valence-electron chi connectivity index (χ0n) is 19.8. The maximum absolute atomic E-state index is 13.4. The van der Waals surface area contributed by atoms with Crippen molar-refractivity contribution in [2.75, 3.05) is 18.0 Å². The van der Waals surface area contributed by atoms with Crippen molar-refractivity contribution in [2.24, 2.45) is 5.92 Å². The first-order chi connectivity index (χ1) is 16.9. The number of anilines is 1. The lowest BCUT2D eigenvalue weighted by atomic mass is 9.97. The van der Waals surface area contributed by atoms with Crippen molar-refractivity contribution in [2.45, 2.75) is 33.2 Å². The molecule has 0 aliphatic carbocycles. The van der Waals surface area contributed by atoms with E-state index in [1.54, 1.807) is 18.3 Å². The van der Waals surface area contributed by atoms with Gasteiger partial charge in [0.15, 0.2) is 5.82 Å². The third-order valence-electron chi connectivity index (χ3n) is 6.71. The van der Waals surface area contributed by atoms with Gasteiger partial charge in [-0.3, -0.25) is 4.79 Å². The Morgan fingerprint density at radius 2 is 2.03 bits per heavy atom. The Morgan fingerprint density at radius 1 is 1.17 bits per heavy atom. The average molecular weight is 492 g/mol. The molecular weight excluding hydrogens is 465 g/mol. The summed E-state index contributed by atoms with van der Waals surface area (Å²) in [4.78, 5) is 19.8. The van der Waals surface area contributed by atoms with E-state index in [-0.39, 0.29) is 16.8 Å². The molecule has 0 saturated carbocycles. The Kier molecular flexibility index (Phi) is 6.43. The first-order valence-corrected chi connectivity index (χ1v) is 12.2. The van der Waals surface area contributed by atoms with Crippen molar-refractivity contribution in [3.63, 3.8) is 0 Å². The van der Waals surface area contributed by atoms with Crippen molar-refractivity contribution < 1.29 is 9.18 Å². The lowest BCUT2D eigenvalue weighted by Crippen LogP contribution is -2.43. The standard InChI is InChI=1S/C27H27ClFN5O/c1-17-5-7-20(12-18(17)2)24-14-25-26(30-9-11-34(25)32-24)33-10-3-4-21(16-33)27(35)31-15-19-6-8-23(29)22(28)13-19/h5-9,11-14,21H,3-4,10,15-16H2,1-2H3,(H,31,35)/t21-/m0/s1. The van der Waals surface area contributed by atoms with Crippen molar-refractivity contribution in [3.8, 4) is 11.3 Å². The number of carbonyl (C=O) groups is 1. The van der Waals surface area contributed by atoms with Gasteiger partial charge in [-0.2, -0.15) is 5.10 Å². The molecule has 8 heteroatoms. The normalized spacial score (nSPS) is 16.0. The fraction of sp³-hybridized carbons (Fsp3) is 0.296. The molecule has 0 spiro atoms. The van der Waals surface area contributed by atoms with E-state index in [9.17, 15) is 9.18 Å². The molecule has 4 aromatic rings. The van der Waals surface area contributed by atoms with Crippen LogP contribution >= 0.6 is 11.6 Å². The highest BCUT2D eigenvalue weighted by atomic mass is 35.5. The molecule has 3 heterocycles. The van der Waals surface area contributed by atoms with Crippen LogP contribution in [0, 0.1) is 25.6 Å². The number of fused-ring (bicyclic) bond motifs is 1. The van der Waals surface area contributed by atoms with Gasteiger partial charge in [0.2, 0.25) is 5.91 Å². The van der Waals surface area contributed by atoms with Crippen LogP contribution in [0.15, 0.2) is 54.9 Å². The number of rotatable bonds is 5. The van der Waals surface area contributed by atoms with Crippen LogP contribution in [0.4, 0.5) is 10.2 Å². The molecular formula is C27H27ClFN5O. The average Bonchev–Trinajstić information content (AvgIpc) is 3.31. The molecule has 1 fully saturated rings. The number of carbonyl (C=O) groups excluding carboxylic acids is 1. The summed E-state index contributed by atoms with van der Waals surface area (Å²) in [6.07, 6.45) is 5.30. The summed E-state index contributed by atoms with van der Waals surface area (Å²) in [6, 6.07) is 12.9. The van der Waals surface area contributed by atoms with Crippen molar-refractivity contribution >= 4 is 28.8 Å². The van der Waals surface area contributed by atoms with Crippen LogP contribution < -0.4 is 10.2 Å². The van der Waals surface area contributed by atoms with Crippen LogP contribution in [0.3, 0.4) is 0 Å². The maximum Gasteiger partial charge on any atom is 0.225 e. The highest BCUT2D eigenvalue weighted by molar-refractivity contribution is 6.30. The number of benzene rings is 2. The molecule has 6 nitrogen and oxygen atoms in total. The summed E-state index contributed by atoms with van der Waals surface area (Å²) in [7, 11) is 0. The fourth-order valence-electron chi connectivity index (χ4n) is 4.56. The number of hydrogen-bond acceptors (Lipinski definition) is 4. The number of nitrogens with one attached hydrogen (secondary N) is 1. The van der Waals surface area contributed by atoms with Gasteiger partial charge in [0.1, 0.15) is 11.3 Å². The maximum atomic E-state index is 13.4.